The molecule has 2 aromatic carbocycles. The van der Waals surface area contributed by atoms with E-state index in [1.807, 2.05) is 48.7 Å². The second-order valence-electron chi connectivity index (χ2n) is 5.35. The summed E-state index contributed by atoms with van der Waals surface area (Å²) in [4.78, 5) is 0. The predicted octanol–water partition coefficient (Wildman–Crippen LogP) is 2.52. The molecule has 3 aromatic heterocycles. The van der Waals surface area contributed by atoms with Gasteiger partial charge in [-0.3, -0.25) is 0 Å². The van der Waals surface area contributed by atoms with Crippen LogP contribution in [0.5, 0.6) is 0 Å². The molecule has 0 aliphatic carbocycles. The van der Waals surface area contributed by atoms with Crippen LogP contribution in [0.3, 0.4) is 0 Å². The topological polar surface area (TPSA) is 87.2 Å². The number of nitrogens with zero attached hydrogens (tertiary/aromatic N) is 8. The minimum Gasteiger partial charge on any atom is -0.221 e. The largest absolute Gasteiger partial charge is 0.221 e. The van der Waals surface area contributed by atoms with Crippen LogP contribution < -0.4 is 0 Å². The fourth-order valence-corrected chi connectivity index (χ4v) is 3.18. The Morgan fingerprint density at radius 3 is 2.48 bits per heavy atom. The van der Waals surface area contributed by atoms with E-state index in [4.69, 9.17) is 0 Å². The maximum Gasteiger partial charge on any atom is 0.115 e. The molecule has 8 nitrogen and oxygen atoms in total. The minimum atomic E-state index is 0.763. The van der Waals surface area contributed by atoms with Gasteiger partial charge in [0.1, 0.15) is 16.7 Å². The fourth-order valence-electron chi connectivity index (χ4n) is 2.63. The summed E-state index contributed by atoms with van der Waals surface area (Å²) in [6.45, 7) is 0. The molecule has 0 aliphatic heterocycles. The Hall–Kier alpha value is -3.46. The van der Waals surface area contributed by atoms with Crippen molar-refractivity contribution < 1.29 is 0 Å². The highest BCUT2D eigenvalue weighted by Gasteiger charge is 2.11. The van der Waals surface area contributed by atoms with E-state index in [2.05, 4.69) is 29.4 Å². The Balaban J connectivity index is 1.51. The molecule has 0 spiro atoms. The van der Waals surface area contributed by atoms with Crippen LogP contribution in [0.25, 0.3) is 33.7 Å². The molecule has 120 valence electrons. The van der Waals surface area contributed by atoms with Gasteiger partial charge in [0.25, 0.3) is 0 Å². The SMILES string of the molecule is c1cc(-c2cn(-c3ccc(-n4ccnn4)cc3)nn2)c2nsnc2c1. The van der Waals surface area contributed by atoms with Gasteiger partial charge in [0.2, 0.25) is 0 Å². The molecule has 0 saturated heterocycles. The van der Waals surface area contributed by atoms with Crippen LogP contribution in [0.2, 0.25) is 0 Å². The summed E-state index contributed by atoms with van der Waals surface area (Å²) in [6, 6.07) is 13.7. The normalized spacial score (nSPS) is 11.2. The molecule has 0 aliphatic rings. The highest BCUT2D eigenvalue weighted by atomic mass is 32.1. The van der Waals surface area contributed by atoms with Gasteiger partial charge in [-0.25, -0.2) is 9.36 Å². The van der Waals surface area contributed by atoms with Gasteiger partial charge in [0.15, 0.2) is 0 Å². The zero-order valence-corrected chi connectivity index (χ0v) is 13.6. The van der Waals surface area contributed by atoms with Gasteiger partial charge in [0, 0.05) is 5.56 Å². The molecule has 0 atom stereocenters. The molecular weight excluding hydrogens is 336 g/mol. The highest BCUT2D eigenvalue weighted by Crippen LogP contribution is 2.26. The Labute approximate surface area is 145 Å². The molecule has 0 radical (unpaired) electrons. The van der Waals surface area contributed by atoms with Crippen molar-refractivity contribution in [3.63, 3.8) is 0 Å². The van der Waals surface area contributed by atoms with Crippen molar-refractivity contribution in [1.29, 1.82) is 0 Å². The lowest BCUT2D eigenvalue weighted by atomic mass is 10.1. The van der Waals surface area contributed by atoms with Crippen LogP contribution >= 0.6 is 11.7 Å². The number of benzene rings is 2. The quantitative estimate of drug-likeness (QED) is 0.499. The van der Waals surface area contributed by atoms with Crippen LogP contribution in [0.4, 0.5) is 0 Å². The Kier molecular flexibility index (Phi) is 3.10. The molecule has 25 heavy (non-hydrogen) atoms. The van der Waals surface area contributed by atoms with Crippen molar-refractivity contribution >= 4 is 22.8 Å². The Morgan fingerprint density at radius 1 is 0.840 bits per heavy atom. The van der Waals surface area contributed by atoms with E-state index >= 15 is 0 Å². The zero-order chi connectivity index (χ0) is 16.6. The van der Waals surface area contributed by atoms with Crippen molar-refractivity contribution in [2.45, 2.75) is 0 Å². The van der Waals surface area contributed by atoms with E-state index in [-0.39, 0.29) is 0 Å². The zero-order valence-electron chi connectivity index (χ0n) is 12.8. The molecular formula is C16H10N8S. The van der Waals surface area contributed by atoms with Crippen LogP contribution in [-0.4, -0.2) is 38.7 Å². The van der Waals surface area contributed by atoms with Gasteiger partial charge in [-0.1, -0.05) is 22.6 Å². The first-order valence-electron chi connectivity index (χ1n) is 7.50. The summed E-state index contributed by atoms with van der Waals surface area (Å²) in [5, 5.41) is 16.3. The summed E-state index contributed by atoms with van der Waals surface area (Å²) < 4.78 is 12.1. The summed E-state index contributed by atoms with van der Waals surface area (Å²) in [5.41, 5.74) is 5.25. The number of rotatable bonds is 3. The third-order valence-electron chi connectivity index (χ3n) is 3.86. The molecule has 3 heterocycles. The average Bonchev–Trinajstić information content (AvgIpc) is 3.42. The maximum atomic E-state index is 4.36. The standard InChI is InChI=1S/C16H10N8S/c1-2-13(16-14(3-1)19-25-20-16)15-10-24(22-18-15)12-6-4-11(5-7-12)23-9-8-17-21-23/h1-10H. The van der Waals surface area contributed by atoms with Crippen molar-refractivity contribution in [2.24, 2.45) is 0 Å². The third kappa shape index (κ3) is 2.37. The van der Waals surface area contributed by atoms with Gasteiger partial charge < -0.3 is 0 Å². The maximum absolute atomic E-state index is 4.36. The Bertz CT molecular complexity index is 1140. The van der Waals surface area contributed by atoms with Gasteiger partial charge in [-0.15, -0.1) is 10.2 Å². The van der Waals surface area contributed by atoms with Crippen LogP contribution in [0.1, 0.15) is 0 Å². The molecule has 0 fully saturated rings. The third-order valence-corrected chi connectivity index (χ3v) is 4.40. The lowest BCUT2D eigenvalue weighted by Gasteiger charge is -2.03. The first-order chi connectivity index (χ1) is 12.4. The molecule has 0 saturated carbocycles. The van der Waals surface area contributed by atoms with E-state index in [1.54, 1.807) is 21.8 Å². The highest BCUT2D eigenvalue weighted by molar-refractivity contribution is 7.00. The lowest BCUT2D eigenvalue weighted by molar-refractivity contribution is 0.792. The predicted molar refractivity (Wildman–Crippen MR) is 92.7 cm³/mol. The number of hydrogen-bond acceptors (Lipinski definition) is 7. The summed E-state index contributed by atoms with van der Waals surface area (Å²) in [6.07, 6.45) is 5.33. The molecule has 0 unspecified atom stereocenters. The monoisotopic (exact) mass is 346 g/mol. The first kappa shape index (κ1) is 13.9. The van der Waals surface area contributed by atoms with E-state index < -0.39 is 0 Å². The molecule has 0 N–H and O–H groups in total. The summed E-state index contributed by atoms with van der Waals surface area (Å²) >= 11 is 1.20. The first-order valence-corrected chi connectivity index (χ1v) is 8.23. The van der Waals surface area contributed by atoms with Crippen molar-refractivity contribution in [3.8, 4) is 22.6 Å². The number of hydrogen-bond donors (Lipinski definition) is 0. The molecule has 5 rings (SSSR count). The van der Waals surface area contributed by atoms with Crippen molar-refractivity contribution in [2.75, 3.05) is 0 Å². The second kappa shape index (κ2) is 5.56. The molecule has 0 bridgehead atoms. The molecule has 5 aromatic rings. The van der Waals surface area contributed by atoms with E-state index in [1.165, 1.54) is 11.7 Å². The van der Waals surface area contributed by atoms with Gasteiger partial charge in [-0.2, -0.15) is 8.75 Å². The Morgan fingerprint density at radius 2 is 1.68 bits per heavy atom. The van der Waals surface area contributed by atoms with Gasteiger partial charge in [0.05, 0.1) is 41.7 Å². The number of fused-ring (bicyclic) bond motifs is 1. The van der Waals surface area contributed by atoms with Crippen LogP contribution in [-0.2, 0) is 0 Å². The lowest BCUT2D eigenvalue weighted by Crippen LogP contribution is -1.98. The van der Waals surface area contributed by atoms with Gasteiger partial charge in [-0.05, 0) is 30.3 Å². The van der Waals surface area contributed by atoms with Crippen LogP contribution in [0.15, 0.2) is 61.1 Å². The molecule has 9 heteroatoms. The number of aromatic nitrogens is 8. The van der Waals surface area contributed by atoms with Crippen molar-refractivity contribution in [3.05, 3.63) is 61.1 Å². The minimum absolute atomic E-state index is 0.763. The van der Waals surface area contributed by atoms with Crippen molar-refractivity contribution in [1.82, 2.24) is 38.7 Å². The second-order valence-corrected chi connectivity index (χ2v) is 5.88. The average molecular weight is 346 g/mol. The summed E-state index contributed by atoms with van der Waals surface area (Å²) in [7, 11) is 0. The summed E-state index contributed by atoms with van der Waals surface area (Å²) in [5.74, 6) is 0. The smallest absolute Gasteiger partial charge is 0.115 e. The van der Waals surface area contributed by atoms with E-state index in [0.717, 1.165) is 33.7 Å². The molecule has 0 amide bonds. The van der Waals surface area contributed by atoms with Gasteiger partial charge >= 0.3 is 0 Å². The van der Waals surface area contributed by atoms with E-state index in [9.17, 15) is 0 Å². The fraction of sp³-hybridized carbons (Fsp3) is 0. The van der Waals surface area contributed by atoms with E-state index in [0.29, 0.717) is 0 Å². The van der Waals surface area contributed by atoms with Crippen LogP contribution in [0, 0.1) is 0 Å².